The number of fused-ring (bicyclic) bond motifs is 1. The lowest BCUT2D eigenvalue weighted by molar-refractivity contribution is 0.116. The number of nitrogens with one attached hydrogen (secondary N) is 2. The summed E-state index contributed by atoms with van der Waals surface area (Å²) in [4.78, 5) is 13.3. The van der Waals surface area contributed by atoms with Crippen molar-refractivity contribution in [2.75, 3.05) is 10.6 Å². The summed E-state index contributed by atoms with van der Waals surface area (Å²) in [5.74, 6) is 0.279. The van der Waals surface area contributed by atoms with Crippen LogP contribution in [0.2, 0.25) is 0 Å². The zero-order chi connectivity index (χ0) is 21.9. The predicted octanol–water partition coefficient (Wildman–Crippen LogP) is 5.22. The van der Waals surface area contributed by atoms with Crippen molar-refractivity contribution in [1.29, 1.82) is 0 Å². The molecule has 1 unspecified atom stereocenters. The summed E-state index contributed by atoms with van der Waals surface area (Å²) in [5.41, 5.74) is 2.93. The zero-order valence-corrected chi connectivity index (χ0v) is 18.3. The Bertz CT molecular complexity index is 1220. The third-order valence-electron chi connectivity index (χ3n) is 5.72. The van der Waals surface area contributed by atoms with E-state index in [1.54, 1.807) is 12.4 Å². The van der Waals surface area contributed by atoms with E-state index in [9.17, 15) is 9.50 Å². The summed E-state index contributed by atoms with van der Waals surface area (Å²) in [6.07, 6.45) is 6.82. The standard InChI is InChI=1S/C24H24FN5OS/c25-17-10-15(12-27-22-14-26-13-19(28-22)16-6-2-1-3-7-16)11-21-23(17)30-24(32-21)29-18-8-4-5-9-20(18)31/h1-3,6-7,10-11,13-14,18,20,31H,4-5,8-9,12H2,(H,27,28)(H,29,30)/t18?,20-/m0/s1. The lowest BCUT2D eigenvalue weighted by Gasteiger charge is -2.27. The second-order valence-corrected chi connectivity index (χ2v) is 9.09. The third-order valence-corrected chi connectivity index (χ3v) is 6.66. The van der Waals surface area contributed by atoms with Gasteiger partial charge >= 0.3 is 0 Å². The van der Waals surface area contributed by atoms with E-state index in [0.717, 1.165) is 47.2 Å². The first-order valence-corrected chi connectivity index (χ1v) is 11.6. The first-order valence-electron chi connectivity index (χ1n) is 10.8. The molecule has 3 N–H and O–H groups in total. The van der Waals surface area contributed by atoms with Crippen molar-refractivity contribution in [3.05, 3.63) is 66.2 Å². The van der Waals surface area contributed by atoms with E-state index in [0.29, 0.717) is 23.0 Å². The summed E-state index contributed by atoms with van der Waals surface area (Å²) in [6, 6.07) is 13.3. The summed E-state index contributed by atoms with van der Waals surface area (Å²) < 4.78 is 15.5. The summed E-state index contributed by atoms with van der Waals surface area (Å²) >= 11 is 1.41. The van der Waals surface area contributed by atoms with Crippen LogP contribution in [-0.4, -0.2) is 32.2 Å². The number of rotatable bonds is 6. The van der Waals surface area contributed by atoms with Crippen LogP contribution in [0.15, 0.2) is 54.9 Å². The molecular formula is C24H24FN5OS. The molecule has 0 radical (unpaired) electrons. The summed E-state index contributed by atoms with van der Waals surface area (Å²) in [5, 5.41) is 17.4. The molecular weight excluding hydrogens is 425 g/mol. The van der Waals surface area contributed by atoms with Crippen molar-refractivity contribution >= 4 is 32.5 Å². The Morgan fingerprint density at radius 1 is 1.06 bits per heavy atom. The monoisotopic (exact) mass is 449 g/mol. The molecule has 2 aromatic heterocycles. The van der Waals surface area contributed by atoms with E-state index >= 15 is 0 Å². The number of aliphatic hydroxyl groups excluding tert-OH is 1. The molecule has 8 heteroatoms. The first-order chi connectivity index (χ1) is 15.7. The minimum atomic E-state index is -0.381. The van der Waals surface area contributed by atoms with Crippen LogP contribution in [-0.2, 0) is 6.54 Å². The molecule has 0 saturated heterocycles. The molecule has 1 aliphatic carbocycles. The summed E-state index contributed by atoms with van der Waals surface area (Å²) in [7, 11) is 0. The van der Waals surface area contributed by atoms with E-state index < -0.39 is 0 Å². The van der Waals surface area contributed by atoms with Gasteiger partial charge in [-0.25, -0.2) is 14.4 Å². The van der Waals surface area contributed by atoms with Crippen molar-refractivity contribution in [3.63, 3.8) is 0 Å². The second-order valence-electron chi connectivity index (χ2n) is 8.06. The van der Waals surface area contributed by atoms with Gasteiger partial charge in [0.25, 0.3) is 0 Å². The minimum Gasteiger partial charge on any atom is -0.391 e. The summed E-state index contributed by atoms with van der Waals surface area (Å²) in [6.45, 7) is 0.418. The normalized spacial score (nSPS) is 18.6. The van der Waals surface area contributed by atoms with Gasteiger partial charge in [-0.2, -0.15) is 0 Å². The number of halogens is 1. The predicted molar refractivity (Wildman–Crippen MR) is 126 cm³/mol. The molecule has 0 bridgehead atoms. The highest BCUT2D eigenvalue weighted by Crippen LogP contribution is 2.31. The van der Waals surface area contributed by atoms with Crippen molar-refractivity contribution in [3.8, 4) is 11.3 Å². The molecule has 2 aromatic carbocycles. The Balaban J connectivity index is 1.31. The largest absolute Gasteiger partial charge is 0.391 e. The maximum atomic E-state index is 14.7. The highest BCUT2D eigenvalue weighted by Gasteiger charge is 2.24. The van der Waals surface area contributed by atoms with Crippen LogP contribution in [0.5, 0.6) is 0 Å². The Hall–Kier alpha value is -3.10. The fraction of sp³-hybridized carbons (Fsp3) is 0.292. The van der Waals surface area contributed by atoms with Crippen molar-refractivity contribution in [1.82, 2.24) is 15.0 Å². The van der Waals surface area contributed by atoms with Crippen LogP contribution in [0.25, 0.3) is 21.5 Å². The minimum absolute atomic E-state index is 0.0241. The van der Waals surface area contributed by atoms with Gasteiger partial charge in [-0.3, -0.25) is 4.98 Å². The van der Waals surface area contributed by atoms with Gasteiger partial charge in [0.1, 0.15) is 11.3 Å². The van der Waals surface area contributed by atoms with Crippen molar-refractivity contribution < 1.29 is 9.50 Å². The number of anilines is 2. The van der Waals surface area contributed by atoms with Crippen LogP contribution in [0.3, 0.4) is 0 Å². The number of hydrogen-bond donors (Lipinski definition) is 3. The molecule has 2 atom stereocenters. The Morgan fingerprint density at radius 3 is 2.75 bits per heavy atom. The van der Waals surface area contributed by atoms with Crippen molar-refractivity contribution in [2.24, 2.45) is 0 Å². The van der Waals surface area contributed by atoms with Crippen LogP contribution in [0.4, 0.5) is 15.3 Å². The van der Waals surface area contributed by atoms with Crippen molar-refractivity contribution in [2.45, 2.75) is 44.4 Å². The van der Waals surface area contributed by atoms with Gasteiger partial charge in [-0.05, 0) is 30.5 Å². The fourth-order valence-electron chi connectivity index (χ4n) is 4.04. The molecule has 2 heterocycles. The molecule has 0 amide bonds. The lowest BCUT2D eigenvalue weighted by Crippen LogP contribution is -2.36. The molecule has 1 saturated carbocycles. The average Bonchev–Trinajstić information content (AvgIpc) is 3.23. The molecule has 0 aliphatic heterocycles. The van der Waals surface area contributed by atoms with Crippen LogP contribution in [0, 0.1) is 5.82 Å². The number of aromatic nitrogens is 3. The molecule has 1 fully saturated rings. The highest BCUT2D eigenvalue weighted by molar-refractivity contribution is 7.22. The van der Waals surface area contributed by atoms with Gasteiger partial charge in [0.15, 0.2) is 10.9 Å². The number of hydrogen-bond acceptors (Lipinski definition) is 7. The Kier molecular flexibility index (Phi) is 5.96. The molecule has 6 nitrogen and oxygen atoms in total. The lowest BCUT2D eigenvalue weighted by atomic mass is 9.93. The van der Waals surface area contributed by atoms with Gasteiger partial charge in [0.2, 0.25) is 0 Å². The number of aliphatic hydroxyl groups is 1. The smallest absolute Gasteiger partial charge is 0.184 e. The fourth-order valence-corrected chi connectivity index (χ4v) is 5.04. The molecule has 0 spiro atoms. The van der Waals surface area contributed by atoms with Crippen LogP contribution in [0.1, 0.15) is 31.2 Å². The maximum Gasteiger partial charge on any atom is 0.184 e. The first kappa shape index (κ1) is 20.8. The highest BCUT2D eigenvalue weighted by atomic mass is 32.1. The molecule has 5 rings (SSSR count). The molecule has 4 aromatic rings. The Morgan fingerprint density at radius 2 is 1.91 bits per heavy atom. The van der Waals surface area contributed by atoms with E-state index in [-0.39, 0.29) is 18.0 Å². The van der Waals surface area contributed by atoms with Gasteiger partial charge in [0, 0.05) is 12.1 Å². The maximum absolute atomic E-state index is 14.7. The molecule has 32 heavy (non-hydrogen) atoms. The van der Waals surface area contributed by atoms with Gasteiger partial charge in [-0.1, -0.05) is 54.5 Å². The van der Waals surface area contributed by atoms with Gasteiger partial charge in [-0.15, -0.1) is 0 Å². The van der Waals surface area contributed by atoms with Gasteiger partial charge < -0.3 is 15.7 Å². The topological polar surface area (TPSA) is 83.0 Å². The molecule has 164 valence electrons. The zero-order valence-electron chi connectivity index (χ0n) is 17.5. The quantitative estimate of drug-likeness (QED) is 0.374. The number of nitrogens with zero attached hydrogens (tertiary/aromatic N) is 3. The van der Waals surface area contributed by atoms with Gasteiger partial charge in [0.05, 0.1) is 34.9 Å². The van der Waals surface area contributed by atoms with E-state index in [1.807, 2.05) is 36.4 Å². The number of thiazole rings is 1. The number of benzene rings is 2. The second kappa shape index (κ2) is 9.18. The Labute approximate surface area is 189 Å². The van der Waals surface area contributed by atoms with E-state index in [1.165, 1.54) is 17.4 Å². The average molecular weight is 450 g/mol. The van der Waals surface area contributed by atoms with E-state index in [4.69, 9.17) is 0 Å². The van der Waals surface area contributed by atoms with Crippen LogP contribution >= 0.6 is 11.3 Å². The SMILES string of the molecule is O[C@H]1CCCCC1Nc1nc2c(F)cc(CNc3cncc(-c4ccccc4)n3)cc2s1. The third kappa shape index (κ3) is 4.56. The van der Waals surface area contributed by atoms with Crippen LogP contribution < -0.4 is 10.6 Å². The van der Waals surface area contributed by atoms with E-state index in [2.05, 4.69) is 25.6 Å². The molecule has 1 aliphatic rings.